The van der Waals surface area contributed by atoms with Crippen LogP contribution in [0.15, 0.2) is 48.1 Å². The molecule has 6 nitrogen and oxygen atoms in total. The van der Waals surface area contributed by atoms with E-state index in [2.05, 4.69) is 13.5 Å². The van der Waals surface area contributed by atoms with E-state index in [9.17, 15) is 19.8 Å². The predicted molar refractivity (Wildman–Crippen MR) is 181 cm³/mol. The van der Waals surface area contributed by atoms with E-state index in [1.807, 2.05) is 12.2 Å². The van der Waals surface area contributed by atoms with Crippen LogP contribution >= 0.6 is 0 Å². The Balaban J connectivity index is 2.73. The largest absolute Gasteiger partial charge is 0.465 e. The lowest BCUT2D eigenvalue weighted by molar-refractivity contribution is -0.143. The number of hydrogen-bond donors (Lipinski definition) is 2. The molecule has 44 heavy (non-hydrogen) atoms. The predicted octanol–water partition coefficient (Wildman–Crippen LogP) is 9.11. The van der Waals surface area contributed by atoms with Gasteiger partial charge in [-0.05, 0) is 57.9 Å². The van der Waals surface area contributed by atoms with E-state index in [1.54, 1.807) is 39.0 Å². The summed E-state index contributed by atoms with van der Waals surface area (Å²) in [4.78, 5) is 24.5. The Hall–Kier alpha value is -2.18. The molecule has 0 bridgehead atoms. The first kappa shape index (κ1) is 39.8. The third-order valence-electron chi connectivity index (χ3n) is 8.47. The molecule has 0 fully saturated rings. The van der Waals surface area contributed by atoms with Crippen molar-refractivity contribution < 1.29 is 29.3 Å². The number of esters is 2. The monoisotopic (exact) mass is 616 g/mol. The van der Waals surface area contributed by atoms with Crippen molar-refractivity contribution in [3.8, 4) is 0 Å². The maximum atomic E-state index is 12.8. The van der Waals surface area contributed by atoms with Gasteiger partial charge in [0.1, 0.15) is 6.61 Å². The summed E-state index contributed by atoms with van der Waals surface area (Å²) >= 11 is 0. The fraction of sp³-hybridized carbons (Fsp3) is 0.737. The van der Waals surface area contributed by atoms with Crippen LogP contribution in [0.4, 0.5) is 0 Å². The van der Waals surface area contributed by atoms with Crippen LogP contribution in [0.1, 0.15) is 144 Å². The van der Waals surface area contributed by atoms with Gasteiger partial charge in [0.05, 0.1) is 17.8 Å². The van der Waals surface area contributed by atoms with Crippen molar-refractivity contribution in [1.82, 2.24) is 0 Å². The molecule has 0 amide bonds. The van der Waals surface area contributed by atoms with Crippen molar-refractivity contribution in [1.29, 1.82) is 0 Å². The molecule has 0 spiro atoms. The van der Waals surface area contributed by atoms with Crippen LogP contribution in [0.5, 0.6) is 0 Å². The fourth-order valence-corrected chi connectivity index (χ4v) is 5.73. The standard InChI is InChI=1S/C38H64O6/c1-7-8-9-10-11-12-13-14-15-16-17-18-19-24-36(40)44-29-33(23-21-26-37(4,5)41)34-25-28-38(6,42)27-20-22-31(2)35(34)30-43-32(3)39/h20-21,23,26-27,34-35,41-42H,2,7-19,22,24-25,28-30H2,1,3-6H3/b26-21+,27-20-,33-23-/t34-,35+,38-/m1/s1. The molecule has 0 saturated carbocycles. The first-order chi connectivity index (χ1) is 20.8. The first-order valence-electron chi connectivity index (χ1n) is 17.3. The van der Waals surface area contributed by atoms with Gasteiger partial charge in [-0.15, -0.1) is 0 Å². The SMILES string of the molecule is C=C1C/C=C\[C@@](C)(O)CC[C@H](/C(=C\C=C\C(C)(C)O)COC(=O)CCCCCCCCCCCCCCC)[C@H]1COC(C)=O. The van der Waals surface area contributed by atoms with Crippen LogP contribution in [0.25, 0.3) is 0 Å². The number of unbranched alkanes of at least 4 members (excludes halogenated alkanes) is 12. The van der Waals surface area contributed by atoms with Crippen LogP contribution in [0.2, 0.25) is 0 Å². The molecule has 0 aromatic carbocycles. The zero-order valence-electron chi connectivity index (χ0n) is 28.7. The van der Waals surface area contributed by atoms with Crippen molar-refractivity contribution in [2.24, 2.45) is 11.8 Å². The highest BCUT2D eigenvalue weighted by Crippen LogP contribution is 2.36. The Morgan fingerprint density at radius 3 is 2.11 bits per heavy atom. The number of allylic oxidation sites excluding steroid dienone is 3. The van der Waals surface area contributed by atoms with E-state index in [4.69, 9.17) is 9.47 Å². The molecular weight excluding hydrogens is 552 g/mol. The minimum absolute atomic E-state index is 0.0948. The second-order valence-electron chi connectivity index (χ2n) is 13.6. The van der Waals surface area contributed by atoms with Crippen LogP contribution < -0.4 is 0 Å². The number of aliphatic hydroxyl groups is 2. The van der Waals surface area contributed by atoms with Crippen LogP contribution in [-0.2, 0) is 19.1 Å². The van der Waals surface area contributed by atoms with E-state index in [0.29, 0.717) is 25.7 Å². The highest BCUT2D eigenvalue weighted by atomic mass is 16.5. The van der Waals surface area contributed by atoms with E-state index in [-0.39, 0.29) is 37.0 Å². The van der Waals surface area contributed by atoms with Gasteiger partial charge in [0.25, 0.3) is 0 Å². The van der Waals surface area contributed by atoms with Gasteiger partial charge in [0.2, 0.25) is 0 Å². The molecule has 3 atom stereocenters. The highest BCUT2D eigenvalue weighted by Gasteiger charge is 2.32. The zero-order valence-corrected chi connectivity index (χ0v) is 28.7. The van der Waals surface area contributed by atoms with Gasteiger partial charge in [-0.1, -0.05) is 127 Å². The molecule has 1 aliphatic rings. The summed E-state index contributed by atoms with van der Waals surface area (Å²) in [6, 6.07) is 0. The fourth-order valence-electron chi connectivity index (χ4n) is 5.73. The normalized spacial score (nSPS) is 22.3. The van der Waals surface area contributed by atoms with Crippen molar-refractivity contribution in [3.05, 3.63) is 48.1 Å². The number of rotatable bonds is 21. The molecule has 0 saturated heterocycles. The van der Waals surface area contributed by atoms with Gasteiger partial charge >= 0.3 is 11.9 Å². The summed E-state index contributed by atoms with van der Waals surface area (Å²) in [5.41, 5.74) is -0.256. The molecule has 0 radical (unpaired) electrons. The van der Waals surface area contributed by atoms with Crippen molar-refractivity contribution in [3.63, 3.8) is 0 Å². The van der Waals surface area contributed by atoms with E-state index < -0.39 is 11.2 Å². The van der Waals surface area contributed by atoms with E-state index in [1.165, 1.54) is 71.1 Å². The molecule has 2 N–H and O–H groups in total. The lowest BCUT2D eigenvalue weighted by Crippen LogP contribution is -2.29. The molecule has 0 unspecified atom stereocenters. The van der Waals surface area contributed by atoms with Gasteiger partial charge in [-0.25, -0.2) is 0 Å². The topological polar surface area (TPSA) is 93.1 Å². The number of ether oxygens (including phenoxy) is 2. The Morgan fingerprint density at radius 2 is 1.57 bits per heavy atom. The molecule has 0 aliphatic heterocycles. The van der Waals surface area contributed by atoms with Gasteiger partial charge < -0.3 is 19.7 Å². The summed E-state index contributed by atoms with van der Waals surface area (Å²) in [6.45, 7) is 13.4. The molecule has 1 rings (SSSR count). The second kappa shape index (κ2) is 22.3. The third kappa shape index (κ3) is 20.0. The van der Waals surface area contributed by atoms with Crippen molar-refractivity contribution in [2.45, 2.75) is 155 Å². The smallest absolute Gasteiger partial charge is 0.306 e. The van der Waals surface area contributed by atoms with Crippen molar-refractivity contribution >= 4 is 11.9 Å². The van der Waals surface area contributed by atoms with Crippen LogP contribution in [-0.4, -0.2) is 46.6 Å². The number of carbonyl (C=O) groups is 2. The summed E-state index contributed by atoms with van der Waals surface area (Å²) < 4.78 is 11.2. The highest BCUT2D eigenvalue weighted by molar-refractivity contribution is 5.69. The maximum Gasteiger partial charge on any atom is 0.306 e. The Bertz CT molecular complexity index is 920. The molecule has 1 aliphatic carbocycles. The van der Waals surface area contributed by atoms with Gasteiger partial charge in [-0.2, -0.15) is 0 Å². The number of hydrogen-bond acceptors (Lipinski definition) is 6. The third-order valence-corrected chi connectivity index (χ3v) is 8.47. The summed E-state index contributed by atoms with van der Waals surface area (Å²) in [6.07, 6.45) is 27.3. The molecule has 252 valence electrons. The maximum absolute atomic E-state index is 12.8. The first-order valence-corrected chi connectivity index (χ1v) is 17.3. The molecule has 0 heterocycles. The minimum atomic E-state index is -1.00. The van der Waals surface area contributed by atoms with Gasteiger partial charge in [0, 0.05) is 19.3 Å². The molecule has 6 heteroatoms. The average molecular weight is 617 g/mol. The second-order valence-corrected chi connectivity index (χ2v) is 13.6. The minimum Gasteiger partial charge on any atom is -0.465 e. The zero-order chi connectivity index (χ0) is 32.8. The summed E-state index contributed by atoms with van der Waals surface area (Å²) in [5.74, 6) is -0.976. The van der Waals surface area contributed by atoms with Gasteiger partial charge in [-0.3, -0.25) is 9.59 Å². The lowest BCUT2D eigenvalue weighted by Gasteiger charge is -2.31. The van der Waals surface area contributed by atoms with Crippen LogP contribution in [0, 0.1) is 11.8 Å². The Morgan fingerprint density at radius 1 is 1.00 bits per heavy atom. The Kier molecular flexibility index (Phi) is 20.2. The summed E-state index contributed by atoms with van der Waals surface area (Å²) in [7, 11) is 0. The summed E-state index contributed by atoms with van der Waals surface area (Å²) in [5, 5.41) is 21.1. The number of carbonyl (C=O) groups excluding carboxylic acids is 2. The quantitative estimate of drug-likeness (QED) is 0.0578. The molecule has 0 aromatic heterocycles. The van der Waals surface area contributed by atoms with E-state index in [0.717, 1.165) is 30.4 Å². The van der Waals surface area contributed by atoms with Gasteiger partial charge in [0.15, 0.2) is 0 Å². The van der Waals surface area contributed by atoms with Crippen molar-refractivity contribution in [2.75, 3.05) is 13.2 Å². The van der Waals surface area contributed by atoms with Crippen LogP contribution in [0.3, 0.4) is 0 Å². The lowest BCUT2D eigenvalue weighted by atomic mass is 9.77. The molecule has 0 aromatic rings. The Labute approximate surface area is 269 Å². The molecular formula is C38H64O6. The average Bonchev–Trinajstić information content (AvgIpc) is 2.99. The van der Waals surface area contributed by atoms with E-state index >= 15 is 0 Å².